The van der Waals surface area contributed by atoms with Crippen LogP contribution < -0.4 is 4.90 Å². The molecule has 24 heavy (non-hydrogen) atoms. The normalized spacial score (nSPS) is 15.2. The molecule has 0 saturated heterocycles. The summed E-state index contributed by atoms with van der Waals surface area (Å²) in [7, 11) is 0. The van der Waals surface area contributed by atoms with Gasteiger partial charge in [-0.15, -0.1) is 0 Å². The Kier molecular flexibility index (Phi) is 4.67. The molecular formula is C21H19NO2. The van der Waals surface area contributed by atoms with Crippen molar-refractivity contribution in [1.29, 1.82) is 0 Å². The minimum atomic E-state index is -0.377. The molecule has 0 aromatic heterocycles. The molecule has 1 aliphatic rings. The maximum absolute atomic E-state index is 12.4. The Labute approximate surface area is 142 Å². The van der Waals surface area contributed by atoms with Crippen LogP contribution in [0.15, 0.2) is 54.6 Å². The number of nitrogens with zero attached hydrogens (tertiary/aromatic N) is 1. The van der Waals surface area contributed by atoms with Gasteiger partial charge in [0, 0.05) is 5.56 Å². The van der Waals surface area contributed by atoms with E-state index in [1.807, 2.05) is 67.6 Å². The molecule has 0 fully saturated rings. The Balaban J connectivity index is 1.94. The highest BCUT2D eigenvalue weighted by atomic mass is 16.6. The van der Waals surface area contributed by atoms with Gasteiger partial charge in [0.05, 0.1) is 12.3 Å². The largest absolute Gasteiger partial charge is 0.449 e. The van der Waals surface area contributed by atoms with E-state index in [1.54, 1.807) is 11.8 Å². The quantitative estimate of drug-likeness (QED) is 0.729. The van der Waals surface area contributed by atoms with E-state index in [0.29, 0.717) is 6.61 Å². The monoisotopic (exact) mass is 317 g/mol. The molecule has 2 aromatic rings. The number of anilines is 1. The zero-order chi connectivity index (χ0) is 16.9. The number of fused-ring (bicyclic) bond motifs is 1. The number of carbonyl (C=O) groups excluding carboxylic acids is 1. The van der Waals surface area contributed by atoms with Crippen LogP contribution in [0.3, 0.4) is 0 Å². The van der Waals surface area contributed by atoms with Crippen LogP contribution in [-0.2, 0) is 4.74 Å². The maximum atomic E-state index is 12.4. The molecule has 3 heteroatoms. The Morgan fingerprint density at radius 1 is 1.17 bits per heavy atom. The van der Waals surface area contributed by atoms with Crippen molar-refractivity contribution in [3.63, 3.8) is 0 Å². The van der Waals surface area contributed by atoms with Crippen LogP contribution in [-0.4, -0.2) is 18.7 Å². The van der Waals surface area contributed by atoms with Crippen molar-refractivity contribution in [1.82, 2.24) is 0 Å². The molecule has 120 valence electrons. The lowest BCUT2D eigenvalue weighted by Crippen LogP contribution is -2.41. The first-order chi connectivity index (χ1) is 11.7. The predicted octanol–water partition coefficient (Wildman–Crippen LogP) is 4.41. The summed E-state index contributed by atoms with van der Waals surface area (Å²) in [6.45, 7) is 4.18. The van der Waals surface area contributed by atoms with Gasteiger partial charge in [-0.05, 0) is 43.7 Å². The molecule has 0 saturated carbocycles. The molecule has 0 aliphatic carbocycles. The smallest absolute Gasteiger partial charge is 0.415 e. The summed E-state index contributed by atoms with van der Waals surface area (Å²) in [4.78, 5) is 14.0. The minimum Gasteiger partial charge on any atom is -0.449 e. The van der Waals surface area contributed by atoms with Crippen LogP contribution in [0.2, 0.25) is 0 Å². The molecule has 3 nitrogen and oxygen atoms in total. The zero-order valence-corrected chi connectivity index (χ0v) is 13.8. The molecule has 0 bridgehead atoms. The number of benzene rings is 2. The molecule has 0 spiro atoms. The first kappa shape index (κ1) is 15.9. The Morgan fingerprint density at radius 3 is 2.67 bits per heavy atom. The number of carbonyl (C=O) groups is 1. The van der Waals surface area contributed by atoms with Gasteiger partial charge in [-0.1, -0.05) is 53.8 Å². The van der Waals surface area contributed by atoms with Crippen molar-refractivity contribution in [2.75, 3.05) is 11.5 Å². The number of hydrogen-bond donors (Lipinski definition) is 0. The molecule has 1 unspecified atom stereocenters. The summed E-state index contributed by atoms with van der Waals surface area (Å²) in [6.07, 6.45) is 3.55. The maximum Gasteiger partial charge on any atom is 0.415 e. The van der Waals surface area contributed by atoms with Crippen molar-refractivity contribution in [2.24, 2.45) is 0 Å². The number of aryl methyl sites for hydroxylation is 1. The third-order valence-corrected chi connectivity index (χ3v) is 3.81. The molecule has 1 aliphatic heterocycles. The second kappa shape index (κ2) is 7.06. The van der Waals surface area contributed by atoms with Crippen LogP contribution >= 0.6 is 0 Å². The van der Waals surface area contributed by atoms with Crippen molar-refractivity contribution in [3.05, 3.63) is 71.3 Å². The van der Waals surface area contributed by atoms with Gasteiger partial charge in [0.2, 0.25) is 0 Å². The summed E-state index contributed by atoms with van der Waals surface area (Å²) in [5.74, 6) is 6.32. The molecule has 3 rings (SSSR count). The molecule has 1 heterocycles. The number of amides is 1. The van der Waals surface area contributed by atoms with Crippen molar-refractivity contribution < 1.29 is 9.53 Å². The van der Waals surface area contributed by atoms with Crippen LogP contribution in [0.5, 0.6) is 0 Å². The van der Waals surface area contributed by atoms with Gasteiger partial charge in [0.15, 0.2) is 0 Å². The fourth-order valence-corrected chi connectivity index (χ4v) is 2.59. The van der Waals surface area contributed by atoms with Gasteiger partial charge in [-0.25, -0.2) is 4.79 Å². The number of hydrogen-bond acceptors (Lipinski definition) is 2. The van der Waals surface area contributed by atoms with Crippen LogP contribution in [0, 0.1) is 18.8 Å². The van der Waals surface area contributed by atoms with E-state index in [1.165, 1.54) is 5.56 Å². The third-order valence-electron chi connectivity index (χ3n) is 3.81. The van der Waals surface area contributed by atoms with Gasteiger partial charge < -0.3 is 4.74 Å². The van der Waals surface area contributed by atoms with Gasteiger partial charge in [-0.3, -0.25) is 4.90 Å². The van der Waals surface area contributed by atoms with Gasteiger partial charge in [0.25, 0.3) is 0 Å². The van der Waals surface area contributed by atoms with Crippen molar-refractivity contribution >= 4 is 17.9 Å². The minimum absolute atomic E-state index is 0.333. The third kappa shape index (κ3) is 3.33. The van der Waals surface area contributed by atoms with E-state index < -0.39 is 0 Å². The van der Waals surface area contributed by atoms with Gasteiger partial charge in [-0.2, -0.15) is 0 Å². The van der Waals surface area contributed by atoms with E-state index in [2.05, 4.69) is 11.8 Å². The van der Waals surface area contributed by atoms with Gasteiger partial charge >= 0.3 is 6.09 Å². The lowest BCUT2D eigenvalue weighted by atomic mass is 10.0. The van der Waals surface area contributed by atoms with E-state index in [9.17, 15) is 4.79 Å². The lowest BCUT2D eigenvalue weighted by molar-refractivity contribution is 0.159. The van der Waals surface area contributed by atoms with E-state index in [0.717, 1.165) is 16.8 Å². The molecule has 2 aromatic carbocycles. The summed E-state index contributed by atoms with van der Waals surface area (Å²) >= 11 is 0. The molecule has 0 radical (unpaired) electrons. The van der Waals surface area contributed by atoms with Crippen molar-refractivity contribution in [3.8, 4) is 11.8 Å². The topological polar surface area (TPSA) is 29.5 Å². The zero-order valence-electron chi connectivity index (χ0n) is 13.8. The Hall–Kier alpha value is -2.99. The fourth-order valence-electron chi connectivity index (χ4n) is 2.59. The van der Waals surface area contributed by atoms with Crippen LogP contribution in [0.25, 0.3) is 6.08 Å². The second-order valence-electron chi connectivity index (χ2n) is 5.57. The lowest BCUT2D eigenvalue weighted by Gasteiger charge is -2.30. The van der Waals surface area contributed by atoms with E-state index in [-0.39, 0.29) is 12.1 Å². The second-order valence-corrected chi connectivity index (χ2v) is 5.57. The highest BCUT2D eigenvalue weighted by Gasteiger charge is 2.27. The van der Waals surface area contributed by atoms with Crippen LogP contribution in [0.1, 0.15) is 23.6 Å². The van der Waals surface area contributed by atoms with Gasteiger partial charge in [0.1, 0.15) is 6.04 Å². The fraction of sp³-hybridized carbons (Fsp3) is 0.190. The standard InChI is InChI=1S/C21H19NO2/c1-3-24-21(23)22-19(14-12-17-10-8-16(2)9-11-17)15-13-18-6-4-5-7-20(18)22/h4-11,13,15,19H,3H2,1-2H3. The molecular weight excluding hydrogens is 298 g/mol. The van der Waals surface area contributed by atoms with E-state index in [4.69, 9.17) is 4.74 Å². The Morgan fingerprint density at radius 2 is 1.92 bits per heavy atom. The molecule has 0 N–H and O–H groups in total. The predicted molar refractivity (Wildman–Crippen MR) is 96.8 cm³/mol. The highest BCUT2D eigenvalue weighted by molar-refractivity contribution is 5.94. The number of para-hydroxylation sites is 1. The van der Waals surface area contributed by atoms with E-state index >= 15 is 0 Å². The van der Waals surface area contributed by atoms with Crippen molar-refractivity contribution in [2.45, 2.75) is 19.9 Å². The first-order valence-electron chi connectivity index (χ1n) is 8.00. The average Bonchev–Trinajstić information content (AvgIpc) is 2.61. The SMILES string of the molecule is CCOC(=O)N1c2ccccc2C=CC1C#Cc1ccc(C)cc1. The summed E-state index contributed by atoms with van der Waals surface area (Å²) < 4.78 is 5.22. The average molecular weight is 317 g/mol. The first-order valence-corrected chi connectivity index (χ1v) is 8.00. The summed E-state index contributed by atoms with van der Waals surface area (Å²) in [6, 6.07) is 15.4. The number of ether oxygens (including phenoxy) is 1. The highest BCUT2D eigenvalue weighted by Crippen LogP contribution is 2.29. The summed E-state index contributed by atoms with van der Waals surface area (Å²) in [5.41, 5.74) is 3.93. The summed E-state index contributed by atoms with van der Waals surface area (Å²) in [5, 5.41) is 0. The molecule has 1 amide bonds. The number of rotatable bonds is 1. The van der Waals surface area contributed by atoms with Crippen LogP contribution in [0.4, 0.5) is 10.5 Å². The Bertz CT molecular complexity index is 825. The molecule has 1 atom stereocenters.